The molecule has 0 amide bonds. The summed E-state index contributed by atoms with van der Waals surface area (Å²) in [6, 6.07) is 0.231. The molecule has 0 radical (unpaired) electrons. The van der Waals surface area contributed by atoms with Gasteiger partial charge >= 0.3 is 0 Å². The van der Waals surface area contributed by atoms with Crippen molar-refractivity contribution in [3.8, 4) is 0 Å². The Hall–Kier alpha value is -0.410. The monoisotopic (exact) mass is 256 g/mol. The van der Waals surface area contributed by atoms with Crippen molar-refractivity contribution in [3.63, 3.8) is 0 Å². The molecular weight excluding hydrogens is 224 g/mol. The van der Waals surface area contributed by atoms with Gasteiger partial charge in [-0.05, 0) is 57.2 Å². The van der Waals surface area contributed by atoms with E-state index < -0.39 is 0 Å². The van der Waals surface area contributed by atoms with Crippen molar-refractivity contribution in [2.45, 2.75) is 58.4 Å². The number of nitrogens with two attached hydrogens (primary N) is 1. The highest BCUT2D eigenvalue weighted by molar-refractivity contribution is 5.58. The molecule has 1 saturated heterocycles. The van der Waals surface area contributed by atoms with Crippen molar-refractivity contribution >= 4 is 6.29 Å². The standard InChI is InChI=1S/C8H17N.C7H13NO.H2/c1-7-3-2-4-8(5-7)6-9;1-2-8-5-3-4-7(8)6-9;/h7-8H,2-6,9H2,1H3;6-7H,2-5H2,1H3;1H/t;7-;/m.0./s1. The van der Waals surface area contributed by atoms with Crippen LogP contribution in [0.25, 0.3) is 0 Å². The van der Waals surface area contributed by atoms with Crippen molar-refractivity contribution in [1.29, 1.82) is 0 Å². The predicted molar refractivity (Wildman–Crippen MR) is 78.6 cm³/mol. The first-order chi connectivity index (χ1) is 8.71. The fraction of sp³-hybridized carbons (Fsp3) is 0.933. The second-order valence-corrected chi connectivity index (χ2v) is 5.85. The quantitative estimate of drug-likeness (QED) is 0.790. The van der Waals surface area contributed by atoms with Crippen LogP contribution in [0.1, 0.15) is 53.8 Å². The normalized spacial score (nSPS) is 32.7. The molecule has 0 aromatic heterocycles. The number of carbonyl (C=O) groups is 1. The average Bonchev–Trinajstić information content (AvgIpc) is 2.86. The maximum Gasteiger partial charge on any atom is 0.137 e. The first-order valence-corrected chi connectivity index (χ1v) is 7.60. The number of likely N-dealkylation sites (tertiary alicyclic amines) is 1. The molecule has 1 aliphatic carbocycles. The van der Waals surface area contributed by atoms with Gasteiger partial charge in [-0.15, -0.1) is 0 Å². The molecule has 0 aromatic rings. The average molecular weight is 256 g/mol. The zero-order valence-electron chi connectivity index (χ0n) is 12.1. The van der Waals surface area contributed by atoms with Crippen LogP contribution in [0, 0.1) is 11.8 Å². The molecule has 0 spiro atoms. The van der Waals surface area contributed by atoms with Gasteiger partial charge in [0.2, 0.25) is 0 Å². The van der Waals surface area contributed by atoms with E-state index in [1.165, 1.54) is 32.1 Å². The van der Waals surface area contributed by atoms with Crippen LogP contribution in [0.3, 0.4) is 0 Å². The molecule has 108 valence electrons. The molecule has 1 saturated carbocycles. The lowest BCUT2D eigenvalue weighted by Gasteiger charge is -2.25. The van der Waals surface area contributed by atoms with Gasteiger partial charge in [-0.1, -0.05) is 26.7 Å². The molecule has 1 aliphatic heterocycles. The van der Waals surface area contributed by atoms with Gasteiger partial charge in [-0.3, -0.25) is 4.90 Å². The lowest BCUT2D eigenvalue weighted by atomic mass is 9.83. The Bertz CT molecular complexity index is 238. The molecule has 3 nitrogen and oxygen atoms in total. The number of hydrogen-bond acceptors (Lipinski definition) is 3. The van der Waals surface area contributed by atoms with Crippen LogP contribution in [0.4, 0.5) is 0 Å². The number of rotatable bonds is 3. The SMILES string of the molecule is CC1CCCC(CN)C1.CCN1CCC[C@H]1C=O.[HH]. The molecule has 18 heavy (non-hydrogen) atoms. The third kappa shape index (κ3) is 5.07. The van der Waals surface area contributed by atoms with E-state index in [0.717, 1.165) is 44.2 Å². The van der Waals surface area contributed by atoms with Crippen molar-refractivity contribution < 1.29 is 6.22 Å². The first kappa shape index (κ1) is 15.6. The Morgan fingerprint density at radius 3 is 2.56 bits per heavy atom. The molecule has 2 aliphatic rings. The van der Waals surface area contributed by atoms with Crippen molar-refractivity contribution in [2.75, 3.05) is 19.6 Å². The molecule has 3 heteroatoms. The number of aldehydes is 1. The Morgan fingerprint density at radius 2 is 2.11 bits per heavy atom. The summed E-state index contributed by atoms with van der Waals surface area (Å²) in [7, 11) is 0. The molecule has 1 heterocycles. The second-order valence-electron chi connectivity index (χ2n) is 5.85. The highest BCUT2D eigenvalue weighted by atomic mass is 16.1. The lowest BCUT2D eigenvalue weighted by Crippen LogP contribution is -2.29. The molecule has 2 fully saturated rings. The predicted octanol–water partition coefficient (Wildman–Crippen LogP) is 2.69. The van der Waals surface area contributed by atoms with Crippen LogP contribution < -0.4 is 5.73 Å². The Labute approximate surface area is 114 Å². The van der Waals surface area contributed by atoms with Gasteiger partial charge in [0.05, 0.1) is 6.04 Å². The van der Waals surface area contributed by atoms with Gasteiger partial charge in [0, 0.05) is 1.43 Å². The van der Waals surface area contributed by atoms with E-state index in [2.05, 4.69) is 18.7 Å². The van der Waals surface area contributed by atoms with Gasteiger partial charge in [0.1, 0.15) is 6.29 Å². The Morgan fingerprint density at radius 1 is 1.33 bits per heavy atom. The summed E-state index contributed by atoms with van der Waals surface area (Å²) in [6.07, 6.45) is 8.90. The van der Waals surface area contributed by atoms with Crippen molar-refractivity contribution in [1.82, 2.24) is 4.90 Å². The van der Waals surface area contributed by atoms with E-state index in [1.54, 1.807) is 0 Å². The largest absolute Gasteiger partial charge is 0.330 e. The minimum Gasteiger partial charge on any atom is -0.330 e. The third-order valence-corrected chi connectivity index (χ3v) is 4.36. The van der Waals surface area contributed by atoms with Gasteiger partial charge in [0.15, 0.2) is 0 Å². The van der Waals surface area contributed by atoms with E-state index in [1.807, 2.05) is 0 Å². The fourth-order valence-corrected chi connectivity index (χ4v) is 3.17. The van der Waals surface area contributed by atoms with Gasteiger partial charge in [0.25, 0.3) is 0 Å². The van der Waals surface area contributed by atoms with Crippen LogP contribution in [-0.4, -0.2) is 36.9 Å². The summed E-state index contributed by atoms with van der Waals surface area (Å²) < 4.78 is 0. The molecule has 2 unspecified atom stereocenters. The number of nitrogens with zero attached hydrogens (tertiary/aromatic N) is 1. The number of hydrogen-bond donors (Lipinski definition) is 1. The minimum atomic E-state index is 0. The Kier molecular flexibility index (Phi) is 7.52. The molecule has 0 aromatic carbocycles. The van der Waals surface area contributed by atoms with E-state index >= 15 is 0 Å². The van der Waals surface area contributed by atoms with Gasteiger partial charge in [-0.25, -0.2) is 0 Å². The smallest absolute Gasteiger partial charge is 0.137 e. The lowest BCUT2D eigenvalue weighted by molar-refractivity contribution is -0.111. The number of carbonyl (C=O) groups excluding carboxylic acids is 1. The van der Waals surface area contributed by atoms with Gasteiger partial charge < -0.3 is 10.5 Å². The van der Waals surface area contributed by atoms with E-state index in [9.17, 15) is 4.79 Å². The van der Waals surface area contributed by atoms with Crippen molar-refractivity contribution in [3.05, 3.63) is 0 Å². The van der Waals surface area contributed by atoms with E-state index in [0.29, 0.717) is 0 Å². The zero-order valence-corrected chi connectivity index (χ0v) is 12.1. The summed E-state index contributed by atoms with van der Waals surface area (Å²) in [5, 5.41) is 0. The maximum absolute atomic E-state index is 10.3. The zero-order chi connectivity index (χ0) is 13.4. The van der Waals surface area contributed by atoms with Crippen LogP contribution in [-0.2, 0) is 4.79 Å². The van der Waals surface area contributed by atoms with Crippen LogP contribution in [0.15, 0.2) is 0 Å². The number of likely N-dealkylation sites (N-methyl/N-ethyl adjacent to an activating group) is 1. The van der Waals surface area contributed by atoms with E-state index in [-0.39, 0.29) is 7.47 Å². The fourth-order valence-electron chi connectivity index (χ4n) is 3.17. The topological polar surface area (TPSA) is 46.3 Å². The second kappa shape index (κ2) is 8.65. The summed E-state index contributed by atoms with van der Waals surface area (Å²) in [4.78, 5) is 12.6. The summed E-state index contributed by atoms with van der Waals surface area (Å²) in [5.74, 6) is 1.78. The van der Waals surface area contributed by atoms with E-state index in [4.69, 9.17) is 5.73 Å². The summed E-state index contributed by atoms with van der Waals surface area (Å²) in [5.41, 5.74) is 5.57. The Balaban J connectivity index is 0.000000324. The maximum atomic E-state index is 10.3. The third-order valence-electron chi connectivity index (χ3n) is 4.36. The van der Waals surface area contributed by atoms with Crippen LogP contribution in [0.2, 0.25) is 0 Å². The molecule has 2 N–H and O–H groups in total. The summed E-state index contributed by atoms with van der Waals surface area (Å²) in [6.45, 7) is 7.47. The first-order valence-electron chi connectivity index (χ1n) is 7.60. The van der Waals surface area contributed by atoms with Crippen LogP contribution >= 0.6 is 0 Å². The molecule has 2 rings (SSSR count). The van der Waals surface area contributed by atoms with Gasteiger partial charge in [-0.2, -0.15) is 0 Å². The highest BCUT2D eigenvalue weighted by Crippen LogP contribution is 2.27. The molecule has 3 atom stereocenters. The summed E-state index contributed by atoms with van der Waals surface area (Å²) >= 11 is 0. The molecular formula is C15H32N2O. The van der Waals surface area contributed by atoms with Crippen LogP contribution in [0.5, 0.6) is 0 Å². The highest BCUT2D eigenvalue weighted by Gasteiger charge is 2.21. The minimum absolute atomic E-state index is 0. The molecule has 0 bridgehead atoms. The van der Waals surface area contributed by atoms with Crippen molar-refractivity contribution in [2.24, 2.45) is 17.6 Å².